The Labute approximate surface area is 101 Å². The minimum absolute atomic E-state index is 0.119. The smallest absolute Gasteiger partial charge is 0.267 e. The zero-order valence-corrected chi connectivity index (χ0v) is 10.2. The molecule has 2 atom stereocenters. The van der Waals surface area contributed by atoms with Crippen LogP contribution in [0, 0.1) is 11.8 Å². The molecule has 5 heteroatoms. The van der Waals surface area contributed by atoms with Crippen LogP contribution in [0.3, 0.4) is 0 Å². The van der Waals surface area contributed by atoms with E-state index in [9.17, 15) is 9.59 Å². The minimum Gasteiger partial charge on any atom is -0.351 e. The second kappa shape index (κ2) is 5.29. The Morgan fingerprint density at radius 2 is 2.29 bits per heavy atom. The van der Waals surface area contributed by atoms with Crippen molar-refractivity contribution in [1.82, 2.24) is 10.7 Å². The topological polar surface area (TPSA) is 70.6 Å². The van der Waals surface area contributed by atoms with E-state index in [4.69, 9.17) is 0 Å². The maximum Gasteiger partial charge on any atom is 0.267 e. The number of amides is 2. The van der Waals surface area contributed by atoms with Crippen LogP contribution in [0.4, 0.5) is 0 Å². The first kappa shape index (κ1) is 12.1. The molecule has 2 aliphatic rings. The summed E-state index contributed by atoms with van der Waals surface area (Å²) in [5.74, 6) is 1.04. The summed E-state index contributed by atoms with van der Waals surface area (Å²) >= 11 is 0. The maximum absolute atomic E-state index is 11.8. The van der Waals surface area contributed by atoms with E-state index in [-0.39, 0.29) is 11.8 Å². The normalized spacial score (nSPS) is 28.5. The summed E-state index contributed by atoms with van der Waals surface area (Å²) in [5, 5.41) is 6.70. The van der Waals surface area contributed by atoms with Crippen molar-refractivity contribution in [3.05, 3.63) is 0 Å². The SMILES string of the molecule is CC1CCCC1CNC(=O)C1=NNC(=O)CC1. The lowest BCUT2D eigenvalue weighted by molar-refractivity contribution is -0.121. The fourth-order valence-corrected chi connectivity index (χ4v) is 2.49. The molecule has 0 saturated heterocycles. The molecule has 2 amide bonds. The fraction of sp³-hybridized carbons (Fsp3) is 0.750. The van der Waals surface area contributed by atoms with Crippen LogP contribution in [0.2, 0.25) is 0 Å². The Balaban J connectivity index is 1.79. The van der Waals surface area contributed by atoms with Crippen molar-refractivity contribution >= 4 is 17.5 Å². The van der Waals surface area contributed by atoms with Gasteiger partial charge in [0.1, 0.15) is 5.71 Å². The van der Waals surface area contributed by atoms with Crippen LogP contribution in [0.15, 0.2) is 5.10 Å². The van der Waals surface area contributed by atoms with E-state index in [1.165, 1.54) is 19.3 Å². The quantitative estimate of drug-likeness (QED) is 0.762. The number of nitrogens with zero attached hydrogens (tertiary/aromatic N) is 1. The van der Waals surface area contributed by atoms with Crippen LogP contribution in [0.5, 0.6) is 0 Å². The molecule has 0 aromatic rings. The Morgan fingerprint density at radius 3 is 2.88 bits per heavy atom. The second-order valence-electron chi connectivity index (χ2n) is 4.97. The van der Waals surface area contributed by atoms with Gasteiger partial charge in [-0.3, -0.25) is 9.59 Å². The number of hydrogen-bond acceptors (Lipinski definition) is 3. The van der Waals surface area contributed by atoms with Gasteiger partial charge >= 0.3 is 0 Å². The number of carbonyl (C=O) groups is 2. The molecule has 1 heterocycles. The Kier molecular flexibility index (Phi) is 3.76. The van der Waals surface area contributed by atoms with Crippen LogP contribution in [0.25, 0.3) is 0 Å². The maximum atomic E-state index is 11.8. The number of rotatable bonds is 3. The molecule has 0 spiro atoms. The number of nitrogens with one attached hydrogen (secondary N) is 2. The summed E-state index contributed by atoms with van der Waals surface area (Å²) in [4.78, 5) is 22.7. The molecule has 1 aliphatic carbocycles. The summed E-state index contributed by atoms with van der Waals surface area (Å²) in [6, 6.07) is 0. The van der Waals surface area contributed by atoms with Crippen molar-refractivity contribution in [2.45, 2.75) is 39.0 Å². The van der Waals surface area contributed by atoms with Crippen LogP contribution in [-0.4, -0.2) is 24.1 Å². The van der Waals surface area contributed by atoms with Crippen LogP contribution in [0.1, 0.15) is 39.0 Å². The lowest BCUT2D eigenvalue weighted by atomic mass is 9.98. The van der Waals surface area contributed by atoms with E-state index < -0.39 is 0 Å². The molecule has 1 fully saturated rings. The van der Waals surface area contributed by atoms with E-state index in [1.807, 2.05) is 0 Å². The molecule has 2 unspecified atom stereocenters. The average Bonchev–Trinajstić information content (AvgIpc) is 2.73. The number of carbonyl (C=O) groups excluding carboxylic acids is 2. The molecule has 1 saturated carbocycles. The number of hydrazone groups is 1. The van der Waals surface area contributed by atoms with E-state index in [1.54, 1.807) is 0 Å². The van der Waals surface area contributed by atoms with Crippen molar-refractivity contribution in [2.24, 2.45) is 16.9 Å². The summed E-state index contributed by atoms with van der Waals surface area (Å²) in [6.45, 7) is 2.97. The molecule has 94 valence electrons. The van der Waals surface area contributed by atoms with E-state index in [0.717, 1.165) is 6.54 Å². The summed E-state index contributed by atoms with van der Waals surface area (Å²) < 4.78 is 0. The van der Waals surface area contributed by atoms with Gasteiger partial charge in [0.05, 0.1) is 0 Å². The van der Waals surface area contributed by atoms with E-state index in [2.05, 4.69) is 22.8 Å². The Morgan fingerprint density at radius 1 is 1.47 bits per heavy atom. The third kappa shape index (κ3) is 3.05. The highest BCUT2D eigenvalue weighted by Crippen LogP contribution is 2.30. The summed E-state index contributed by atoms with van der Waals surface area (Å²) in [5.41, 5.74) is 2.78. The first-order valence-corrected chi connectivity index (χ1v) is 6.30. The van der Waals surface area contributed by atoms with E-state index in [0.29, 0.717) is 30.4 Å². The Bertz CT molecular complexity index is 352. The van der Waals surface area contributed by atoms with Crippen molar-refractivity contribution in [3.8, 4) is 0 Å². The Hall–Kier alpha value is -1.39. The molecule has 0 aromatic carbocycles. The van der Waals surface area contributed by atoms with Crippen molar-refractivity contribution in [1.29, 1.82) is 0 Å². The van der Waals surface area contributed by atoms with Gasteiger partial charge in [-0.15, -0.1) is 0 Å². The summed E-state index contributed by atoms with van der Waals surface area (Å²) in [6.07, 6.45) is 4.52. The molecule has 2 N–H and O–H groups in total. The average molecular weight is 237 g/mol. The van der Waals surface area contributed by atoms with Crippen LogP contribution >= 0.6 is 0 Å². The lowest BCUT2D eigenvalue weighted by Crippen LogP contribution is -2.39. The molecule has 0 aromatic heterocycles. The molecule has 0 bridgehead atoms. The third-order valence-corrected chi connectivity index (χ3v) is 3.73. The fourth-order valence-electron chi connectivity index (χ4n) is 2.49. The molecular formula is C12H19N3O2. The van der Waals surface area contributed by atoms with Gasteiger partial charge in [0.25, 0.3) is 5.91 Å². The zero-order valence-electron chi connectivity index (χ0n) is 10.2. The van der Waals surface area contributed by atoms with Gasteiger partial charge < -0.3 is 5.32 Å². The lowest BCUT2D eigenvalue weighted by Gasteiger charge is -2.17. The summed E-state index contributed by atoms with van der Waals surface area (Å²) in [7, 11) is 0. The first-order chi connectivity index (χ1) is 8.16. The molecule has 2 rings (SSSR count). The molecule has 1 aliphatic heterocycles. The monoisotopic (exact) mass is 237 g/mol. The third-order valence-electron chi connectivity index (χ3n) is 3.73. The molecule has 5 nitrogen and oxygen atoms in total. The molecule has 17 heavy (non-hydrogen) atoms. The molecule has 0 radical (unpaired) electrons. The van der Waals surface area contributed by atoms with Crippen molar-refractivity contribution in [2.75, 3.05) is 6.54 Å². The van der Waals surface area contributed by atoms with Crippen molar-refractivity contribution < 1.29 is 9.59 Å². The van der Waals surface area contributed by atoms with Gasteiger partial charge in [0.2, 0.25) is 5.91 Å². The van der Waals surface area contributed by atoms with Gasteiger partial charge in [0, 0.05) is 19.4 Å². The predicted octanol–water partition coefficient (Wildman–Crippen LogP) is 0.805. The first-order valence-electron chi connectivity index (χ1n) is 6.30. The standard InChI is InChI=1S/C12H19N3O2/c1-8-3-2-4-9(8)7-13-12(17)10-5-6-11(16)15-14-10/h8-9H,2-7H2,1H3,(H,13,17)(H,15,16). The second-order valence-corrected chi connectivity index (χ2v) is 4.97. The van der Waals surface area contributed by atoms with Crippen molar-refractivity contribution in [3.63, 3.8) is 0 Å². The highest BCUT2D eigenvalue weighted by Gasteiger charge is 2.25. The highest BCUT2D eigenvalue weighted by molar-refractivity contribution is 6.39. The highest BCUT2D eigenvalue weighted by atomic mass is 16.2. The minimum atomic E-state index is -0.135. The van der Waals surface area contributed by atoms with Crippen LogP contribution < -0.4 is 10.7 Å². The van der Waals surface area contributed by atoms with Gasteiger partial charge in [-0.05, 0) is 18.3 Å². The van der Waals surface area contributed by atoms with Gasteiger partial charge in [-0.1, -0.05) is 19.8 Å². The van der Waals surface area contributed by atoms with E-state index >= 15 is 0 Å². The van der Waals surface area contributed by atoms with Gasteiger partial charge in [-0.25, -0.2) is 5.43 Å². The van der Waals surface area contributed by atoms with Gasteiger partial charge in [-0.2, -0.15) is 5.10 Å². The van der Waals surface area contributed by atoms with Crippen LogP contribution in [-0.2, 0) is 9.59 Å². The zero-order chi connectivity index (χ0) is 12.3. The number of hydrogen-bond donors (Lipinski definition) is 2. The predicted molar refractivity (Wildman–Crippen MR) is 64.3 cm³/mol. The van der Waals surface area contributed by atoms with Gasteiger partial charge in [0.15, 0.2) is 0 Å². The molecular weight excluding hydrogens is 218 g/mol. The largest absolute Gasteiger partial charge is 0.351 e.